The smallest absolute Gasteiger partial charge is 0.410 e. The third-order valence-electron chi connectivity index (χ3n) is 4.35. The van der Waals surface area contributed by atoms with Gasteiger partial charge < -0.3 is 23.7 Å². The molecule has 0 spiro atoms. The van der Waals surface area contributed by atoms with Gasteiger partial charge in [0, 0.05) is 43.3 Å². The molecule has 27 heavy (non-hydrogen) atoms. The molecule has 1 amide bonds. The second-order valence-corrected chi connectivity index (χ2v) is 7.50. The Hall–Kier alpha value is -2.70. The highest BCUT2D eigenvalue weighted by Gasteiger charge is 2.26. The average Bonchev–Trinajstić information content (AvgIpc) is 3.04. The highest BCUT2D eigenvalue weighted by molar-refractivity contribution is 6.03. The van der Waals surface area contributed by atoms with Crippen LogP contribution in [0.4, 0.5) is 10.5 Å². The molecule has 7 nitrogen and oxygen atoms in total. The number of hydrogen-bond donors (Lipinski definition) is 0. The van der Waals surface area contributed by atoms with Crippen molar-refractivity contribution < 1.29 is 23.5 Å². The Bertz CT molecular complexity index is 828. The van der Waals surface area contributed by atoms with Crippen molar-refractivity contribution in [1.29, 1.82) is 0 Å². The summed E-state index contributed by atoms with van der Waals surface area (Å²) in [5.74, 6) is -0.380. The Balaban J connectivity index is 1.67. The molecular weight excluding hydrogens is 348 g/mol. The lowest BCUT2D eigenvalue weighted by molar-refractivity contribution is 0.0240. The molecule has 0 bridgehead atoms. The van der Waals surface area contributed by atoms with Crippen molar-refractivity contribution in [1.82, 2.24) is 4.90 Å². The third kappa shape index (κ3) is 4.35. The first-order chi connectivity index (χ1) is 12.8. The van der Waals surface area contributed by atoms with E-state index in [0.717, 1.165) is 11.1 Å². The van der Waals surface area contributed by atoms with E-state index in [9.17, 15) is 9.59 Å². The predicted molar refractivity (Wildman–Crippen MR) is 102 cm³/mol. The lowest BCUT2D eigenvalue weighted by Crippen LogP contribution is -2.50. The molecule has 0 saturated carbocycles. The molecule has 1 fully saturated rings. The van der Waals surface area contributed by atoms with E-state index in [1.807, 2.05) is 39.0 Å². The molecule has 2 heterocycles. The van der Waals surface area contributed by atoms with E-state index < -0.39 is 5.60 Å². The van der Waals surface area contributed by atoms with Gasteiger partial charge in [-0.15, -0.1) is 0 Å². The van der Waals surface area contributed by atoms with Gasteiger partial charge in [-0.3, -0.25) is 0 Å². The standard InChI is InChI=1S/C20H26N2O5/c1-5-25-18(23)16-13-26-17-12-14(6-7-15(16)17)21-8-10-22(11-9-21)19(24)27-20(2,3)4/h6-7,12-13H,5,8-11H2,1-4H3. The van der Waals surface area contributed by atoms with Gasteiger partial charge in [-0.25, -0.2) is 9.59 Å². The zero-order chi connectivity index (χ0) is 19.6. The van der Waals surface area contributed by atoms with Gasteiger partial charge in [-0.1, -0.05) is 0 Å². The Morgan fingerprint density at radius 2 is 1.85 bits per heavy atom. The number of fused-ring (bicyclic) bond motifs is 1. The first-order valence-corrected chi connectivity index (χ1v) is 9.20. The number of benzene rings is 1. The number of rotatable bonds is 3. The van der Waals surface area contributed by atoms with Gasteiger partial charge >= 0.3 is 12.1 Å². The molecule has 1 aromatic heterocycles. The summed E-state index contributed by atoms with van der Waals surface area (Å²) in [7, 11) is 0. The molecule has 3 rings (SSSR count). The SMILES string of the molecule is CCOC(=O)c1coc2cc(N3CCN(C(=O)OC(C)(C)C)CC3)ccc12. The Morgan fingerprint density at radius 1 is 1.15 bits per heavy atom. The lowest BCUT2D eigenvalue weighted by atomic mass is 10.1. The zero-order valence-corrected chi connectivity index (χ0v) is 16.3. The topological polar surface area (TPSA) is 72.2 Å². The summed E-state index contributed by atoms with van der Waals surface area (Å²) in [6, 6.07) is 5.76. The molecule has 1 saturated heterocycles. The van der Waals surface area contributed by atoms with Crippen molar-refractivity contribution in [3.05, 3.63) is 30.0 Å². The van der Waals surface area contributed by atoms with Crippen LogP contribution in [0.25, 0.3) is 11.0 Å². The van der Waals surface area contributed by atoms with E-state index in [4.69, 9.17) is 13.9 Å². The summed E-state index contributed by atoms with van der Waals surface area (Å²) >= 11 is 0. The van der Waals surface area contributed by atoms with Gasteiger partial charge in [0.05, 0.1) is 6.61 Å². The van der Waals surface area contributed by atoms with E-state index in [2.05, 4.69) is 4.90 Å². The Kier molecular flexibility index (Phi) is 5.30. The van der Waals surface area contributed by atoms with Gasteiger partial charge in [-0.2, -0.15) is 0 Å². The van der Waals surface area contributed by atoms with Crippen molar-refractivity contribution >= 4 is 28.7 Å². The number of amides is 1. The van der Waals surface area contributed by atoms with Crippen molar-refractivity contribution in [2.24, 2.45) is 0 Å². The minimum atomic E-state index is -0.491. The molecule has 7 heteroatoms. The van der Waals surface area contributed by atoms with Crippen LogP contribution in [0.2, 0.25) is 0 Å². The molecule has 0 aliphatic carbocycles. The maximum Gasteiger partial charge on any atom is 0.410 e. The molecule has 146 valence electrons. The normalized spacial score (nSPS) is 15.1. The molecule has 1 aliphatic heterocycles. The van der Waals surface area contributed by atoms with Crippen LogP contribution in [0.15, 0.2) is 28.9 Å². The monoisotopic (exact) mass is 374 g/mol. The maximum atomic E-state index is 12.2. The van der Waals surface area contributed by atoms with Crippen molar-refractivity contribution in [2.45, 2.75) is 33.3 Å². The van der Waals surface area contributed by atoms with E-state index >= 15 is 0 Å². The molecule has 1 aliphatic rings. The first-order valence-electron chi connectivity index (χ1n) is 9.20. The fourth-order valence-electron chi connectivity index (χ4n) is 3.05. The van der Waals surface area contributed by atoms with E-state index in [0.29, 0.717) is 43.9 Å². The quantitative estimate of drug-likeness (QED) is 0.764. The van der Waals surface area contributed by atoms with Crippen LogP contribution in [-0.2, 0) is 9.47 Å². The average molecular weight is 374 g/mol. The number of carbonyl (C=O) groups is 2. The van der Waals surface area contributed by atoms with Gasteiger partial charge in [0.15, 0.2) is 0 Å². The fourth-order valence-corrected chi connectivity index (χ4v) is 3.05. The number of ether oxygens (including phenoxy) is 2. The summed E-state index contributed by atoms with van der Waals surface area (Å²) in [5, 5.41) is 0.740. The van der Waals surface area contributed by atoms with Crippen LogP contribution in [-0.4, -0.2) is 55.3 Å². The third-order valence-corrected chi connectivity index (χ3v) is 4.35. The fraction of sp³-hybridized carbons (Fsp3) is 0.500. The van der Waals surface area contributed by atoms with Crippen LogP contribution < -0.4 is 4.90 Å². The van der Waals surface area contributed by atoms with Crippen molar-refractivity contribution in [3.8, 4) is 0 Å². The lowest BCUT2D eigenvalue weighted by Gasteiger charge is -2.36. The molecule has 0 atom stereocenters. The van der Waals surface area contributed by atoms with E-state index in [1.165, 1.54) is 6.26 Å². The minimum Gasteiger partial charge on any atom is -0.463 e. The Labute approximate surface area is 158 Å². The summed E-state index contributed by atoms with van der Waals surface area (Å²) in [4.78, 5) is 28.1. The first kappa shape index (κ1) is 19.1. The van der Waals surface area contributed by atoms with Crippen LogP contribution in [0.3, 0.4) is 0 Å². The predicted octanol–water partition coefficient (Wildman–Crippen LogP) is 3.67. The van der Waals surface area contributed by atoms with Gasteiger partial charge in [-0.05, 0) is 39.8 Å². The number of carbonyl (C=O) groups excluding carboxylic acids is 2. The highest BCUT2D eigenvalue weighted by atomic mass is 16.6. The van der Waals surface area contributed by atoms with Crippen LogP contribution >= 0.6 is 0 Å². The van der Waals surface area contributed by atoms with Gasteiger partial charge in [0.1, 0.15) is 23.0 Å². The number of furan rings is 1. The molecule has 0 unspecified atom stereocenters. The molecule has 2 aromatic rings. The van der Waals surface area contributed by atoms with Gasteiger partial charge in [0.25, 0.3) is 0 Å². The Morgan fingerprint density at radius 3 is 2.48 bits per heavy atom. The number of nitrogens with zero attached hydrogens (tertiary/aromatic N) is 2. The van der Waals surface area contributed by atoms with Crippen molar-refractivity contribution in [3.63, 3.8) is 0 Å². The molecule has 0 N–H and O–H groups in total. The van der Waals surface area contributed by atoms with E-state index in [-0.39, 0.29) is 12.1 Å². The number of anilines is 1. The highest BCUT2D eigenvalue weighted by Crippen LogP contribution is 2.27. The second-order valence-electron chi connectivity index (χ2n) is 7.50. The summed E-state index contributed by atoms with van der Waals surface area (Å²) in [6.07, 6.45) is 1.16. The number of hydrogen-bond acceptors (Lipinski definition) is 6. The van der Waals surface area contributed by atoms with E-state index in [1.54, 1.807) is 11.8 Å². The van der Waals surface area contributed by atoms with Crippen molar-refractivity contribution in [2.75, 3.05) is 37.7 Å². The van der Waals surface area contributed by atoms with Crippen LogP contribution in [0, 0.1) is 0 Å². The minimum absolute atomic E-state index is 0.275. The van der Waals surface area contributed by atoms with Crippen LogP contribution in [0.5, 0.6) is 0 Å². The number of esters is 1. The summed E-state index contributed by atoms with van der Waals surface area (Å²) < 4.78 is 16.0. The maximum absolute atomic E-state index is 12.2. The molecule has 1 aromatic carbocycles. The van der Waals surface area contributed by atoms with Crippen LogP contribution in [0.1, 0.15) is 38.1 Å². The molecule has 0 radical (unpaired) electrons. The number of piperazine rings is 1. The second kappa shape index (κ2) is 7.50. The summed E-state index contributed by atoms with van der Waals surface area (Å²) in [5.41, 5.74) is 1.59. The molecular formula is C20H26N2O5. The van der Waals surface area contributed by atoms with Gasteiger partial charge in [0.2, 0.25) is 0 Å². The largest absolute Gasteiger partial charge is 0.463 e. The zero-order valence-electron chi connectivity index (χ0n) is 16.3. The summed E-state index contributed by atoms with van der Waals surface area (Å²) in [6.45, 7) is 10.3.